The maximum Gasteiger partial charge on any atom is 0.289 e. The number of rotatable bonds is 4. The van der Waals surface area contributed by atoms with Gasteiger partial charge in [0.15, 0.2) is 0 Å². The van der Waals surface area contributed by atoms with Gasteiger partial charge in [-0.2, -0.15) is 0 Å². The molecule has 0 aliphatic rings. The number of H-pyrrole nitrogens is 2. The molecule has 154 valence electrons. The molecule has 0 fully saturated rings. The van der Waals surface area contributed by atoms with Crippen molar-refractivity contribution in [3.8, 4) is 11.3 Å². The van der Waals surface area contributed by atoms with Crippen LogP contribution in [0, 0.1) is 13.8 Å². The molecular formula is C24H22N6O. The largest absolute Gasteiger partial charge is 0.343 e. The maximum absolute atomic E-state index is 12.7. The molecule has 3 N–H and O–H groups in total. The minimum atomic E-state index is -0.289. The zero-order valence-electron chi connectivity index (χ0n) is 17.5. The van der Waals surface area contributed by atoms with E-state index in [1.54, 1.807) is 0 Å². The third-order valence-corrected chi connectivity index (χ3v) is 5.38. The van der Waals surface area contributed by atoms with E-state index in [1.165, 1.54) is 0 Å². The molecule has 0 saturated carbocycles. The second-order valence-corrected chi connectivity index (χ2v) is 7.80. The number of amides is 1. The molecule has 7 nitrogen and oxygen atoms in total. The molecule has 5 rings (SSSR count). The number of benzene rings is 2. The van der Waals surface area contributed by atoms with Gasteiger partial charge in [-0.05, 0) is 50.6 Å². The van der Waals surface area contributed by atoms with Gasteiger partial charge in [-0.1, -0.05) is 30.3 Å². The Hall–Kier alpha value is -4.00. The zero-order valence-corrected chi connectivity index (χ0v) is 17.5. The number of hydrogen-bond donors (Lipinski definition) is 3. The summed E-state index contributed by atoms with van der Waals surface area (Å²) >= 11 is 0. The summed E-state index contributed by atoms with van der Waals surface area (Å²) in [6.07, 6.45) is 0. The quantitative estimate of drug-likeness (QED) is 0.403. The minimum Gasteiger partial charge on any atom is -0.343 e. The first-order valence-corrected chi connectivity index (χ1v) is 10.2. The number of nitrogens with one attached hydrogen (secondary N) is 3. The van der Waals surface area contributed by atoms with E-state index in [1.807, 2.05) is 75.4 Å². The number of carbonyl (C=O) groups is 1. The number of aryl methyl sites for hydroxylation is 2. The average molecular weight is 410 g/mol. The van der Waals surface area contributed by atoms with Crippen molar-refractivity contribution < 1.29 is 4.79 Å². The molecule has 5 aromatic rings. The van der Waals surface area contributed by atoms with Crippen molar-refractivity contribution in [1.82, 2.24) is 30.5 Å². The fourth-order valence-electron chi connectivity index (χ4n) is 3.91. The first kappa shape index (κ1) is 19.0. The lowest BCUT2D eigenvalue weighted by atomic mass is 10.1. The molecule has 0 aliphatic carbocycles. The van der Waals surface area contributed by atoms with Crippen LogP contribution in [0.4, 0.5) is 0 Å². The van der Waals surface area contributed by atoms with Crippen LogP contribution in [0.25, 0.3) is 33.2 Å². The second-order valence-electron chi connectivity index (χ2n) is 7.80. The Morgan fingerprint density at radius 2 is 1.58 bits per heavy atom. The molecule has 3 heterocycles. The maximum atomic E-state index is 12.7. The van der Waals surface area contributed by atoms with Crippen molar-refractivity contribution in [2.75, 3.05) is 0 Å². The summed E-state index contributed by atoms with van der Waals surface area (Å²) in [5.41, 5.74) is 7.21. The highest BCUT2D eigenvalue weighted by Crippen LogP contribution is 2.30. The predicted molar refractivity (Wildman–Crippen MR) is 121 cm³/mol. The van der Waals surface area contributed by atoms with E-state index in [4.69, 9.17) is 0 Å². The number of aromatic nitrogens is 5. The van der Waals surface area contributed by atoms with Gasteiger partial charge in [0.05, 0.1) is 28.3 Å². The van der Waals surface area contributed by atoms with E-state index in [0.29, 0.717) is 11.0 Å². The third kappa shape index (κ3) is 3.54. The molecule has 1 atom stereocenters. The summed E-state index contributed by atoms with van der Waals surface area (Å²) in [5.74, 6) is -0.116. The fraction of sp³-hybridized carbons (Fsp3) is 0.167. The highest BCUT2D eigenvalue weighted by Gasteiger charge is 2.18. The van der Waals surface area contributed by atoms with E-state index < -0.39 is 0 Å². The van der Waals surface area contributed by atoms with Gasteiger partial charge < -0.3 is 10.4 Å². The van der Waals surface area contributed by atoms with Gasteiger partial charge in [-0.15, -0.1) is 0 Å². The molecular weight excluding hydrogens is 388 g/mol. The molecule has 0 radical (unpaired) electrons. The Morgan fingerprint density at radius 1 is 0.903 bits per heavy atom. The van der Waals surface area contributed by atoms with Crippen LogP contribution in [-0.4, -0.2) is 31.1 Å². The Bertz CT molecular complexity index is 1400. The minimum absolute atomic E-state index is 0.135. The molecule has 7 heteroatoms. The fourth-order valence-corrected chi connectivity index (χ4v) is 3.91. The Labute approximate surface area is 178 Å². The van der Waals surface area contributed by atoms with Crippen LogP contribution >= 0.6 is 0 Å². The number of aromatic amines is 2. The lowest BCUT2D eigenvalue weighted by molar-refractivity contribution is 0.0930. The van der Waals surface area contributed by atoms with Crippen LogP contribution in [-0.2, 0) is 0 Å². The first-order chi connectivity index (χ1) is 15.0. The molecule has 3 aromatic heterocycles. The molecule has 0 bridgehead atoms. The molecule has 1 unspecified atom stereocenters. The summed E-state index contributed by atoms with van der Waals surface area (Å²) in [7, 11) is 0. The van der Waals surface area contributed by atoms with Gasteiger partial charge in [0.25, 0.3) is 5.91 Å². The highest BCUT2D eigenvalue weighted by atomic mass is 16.2. The lowest BCUT2D eigenvalue weighted by Crippen LogP contribution is -2.27. The van der Waals surface area contributed by atoms with E-state index in [9.17, 15) is 4.79 Å². The normalized spacial score (nSPS) is 12.4. The number of imidazole rings is 1. The predicted octanol–water partition coefficient (Wildman–Crippen LogP) is 4.61. The second kappa shape index (κ2) is 7.36. The van der Waals surface area contributed by atoms with Crippen molar-refractivity contribution in [3.63, 3.8) is 0 Å². The van der Waals surface area contributed by atoms with Crippen LogP contribution in [0.5, 0.6) is 0 Å². The standard InChI is InChI=1S/C24H22N6O/c1-13-9-17(10-14(2)25-13)22-18-11-20-21(12-19(18)29-30-22)28-23(27-20)24(31)26-15(3)16-7-5-4-6-8-16/h4-12,15,29-30H,1-3H3,(H,26,31). The smallest absolute Gasteiger partial charge is 0.289 e. The van der Waals surface area contributed by atoms with Gasteiger partial charge in [-0.25, -0.2) is 9.97 Å². The van der Waals surface area contributed by atoms with Crippen LogP contribution in [0.1, 0.15) is 40.5 Å². The molecule has 0 spiro atoms. The SMILES string of the molecule is Cc1cc(-c2[nH][nH]c3cc4nc(C(=O)NC(C)c5ccccc5)nc4cc23)cc(C)n1. The van der Waals surface area contributed by atoms with Crippen LogP contribution in [0.2, 0.25) is 0 Å². The van der Waals surface area contributed by atoms with E-state index in [0.717, 1.165) is 39.1 Å². The van der Waals surface area contributed by atoms with Gasteiger partial charge in [0.2, 0.25) is 5.82 Å². The zero-order chi connectivity index (χ0) is 21.5. The average Bonchev–Trinajstić information content (AvgIpc) is 3.35. The topological polar surface area (TPSA) is 99.3 Å². The summed E-state index contributed by atoms with van der Waals surface area (Å²) in [6.45, 7) is 5.90. The number of pyridine rings is 1. The van der Waals surface area contributed by atoms with E-state index in [-0.39, 0.29) is 17.8 Å². The van der Waals surface area contributed by atoms with Crippen molar-refractivity contribution in [2.24, 2.45) is 0 Å². The van der Waals surface area contributed by atoms with Crippen LogP contribution in [0.15, 0.2) is 54.6 Å². The molecule has 2 aromatic carbocycles. The van der Waals surface area contributed by atoms with Gasteiger partial charge in [0.1, 0.15) is 0 Å². The van der Waals surface area contributed by atoms with Crippen LogP contribution < -0.4 is 5.32 Å². The third-order valence-electron chi connectivity index (χ3n) is 5.38. The van der Waals surface area contributed by atoms with Crippen molar-refractivity contribution in [3.05, 3.63) is 77.4 Å². The highest BCUT2D eigenvalue weighted by molar-refractivity contribution is 6.02. The molecule has 0 aliphatic heterocycles. The Kier molecular flexibility index (Phi) is 4.51. The first-order valence-electron chi connectivity index (χ1n) is 10.2. The van der Waals surface area contributed by atoms with Gasteiger partial charge in [0, 0.05) is 22.3 Å². The van der Waals surface area contributed by atoms with Gasteiger partial charge in [-0.3, -0.25) is 14.9 Å². The number of nitrogens with zero attached hydrogens (tertiary/aromatic N) is 3. The summed E-state index contributed by atoms with van der Waals surface area (Å²) in [6, 6.07) is 17.6. The summed E-state index contributed by atoms with van der Waals surface area (Å²) in [5, 5.41) is 10.4. The van der Waals surface area contributed by atoms with Crippen molar-refractivity contribution >= 4 is 27.8 Å². The number of hydrogen-bond acceptors (Lipinski definition) is 4. The number of fused-ring (bicyclic) bond motifs is 2. The van der Waals surface area contributed by atoms with Gasteiger partial charge >= 0.3 is 0 Å². The van der Waals surface area contributed by atoms with E-state index in [2.05, 4.69) is 30.5 Å². The number of carbonyl (C=O) groups excluding carboxylic acids is 1. The Morgan fingerprint density at radius 3 is 2.29 bits per heavy atom. The monoisotopic (exact) mass is 410 g/mol. The lowest BCUT2D eigenvalue weighted by Gasteiger charge is -2.12. The summed E-state index contributed by atoms with van der Waals surface area (Å²) < 4.78 is 0. The molecule has 31 heavy (non-hydrogen) atoms. The molecule has 1 amide bonds. The van der Waals surface area contributed by atoms with E-state index >= 15 is 0 Å². The Balaban J connectivity index is 1.49. The van der Waals surface area contributed by atoms with Crippen LogP contribution in [0.3, 0.4) is 0 Å². The summed E-state index contributed by atoms with van der Waals surface area (Å²) in [4.78, 5) is 26.1. The molecule has 0 saturated heterocycles. The van der Waals surface area contributed by atoms with Crippen molar-refractivity contribution in [2.45, 2.75) is 26.8 Å². The van der Waals surface area contributed by atoms with Crippen molar-refractivity contribution in [1.29, 1.82) is 0 Å².